The first-order valence-electron chi connectivity index (χ1n) is 6.27. The normalized spacial score (nSPS) is 17.9. The fourth-order valence-corrected chi connectivity index (χ4v) is 1.72. The lowest BCUT2D eigenvalue weighted by atomic mass is 10.1. The zero-order valence-electron chi connectivity index (χ0n) is 11.1. The van der Waals surface area contributed by atoms with E-state index in [4.69, 9.17) is 14.6 Å². The van der Waals surface area contributed by atoms with Crippen LogP contribution in [0.1, 0.15) is 46.5 Å². The Labute approximate surface area is 103 Å². The van der Waals surface area contributed by atoms with Gasteiger partial charge in [0, 0.05) is 6.61 Å². The van der Waals surface area contributed by atoms with Gasteiger partial charge in [-0.15, -0.1) is 0 Å². The van der Waals surface area contributed by atoms with Crippen LogP contribution >= 0.6 is 0 Å². The van der Waals surface area contributed by atoms with E-state index < -0.39 is 5.60 Å². The molecule has 1 N–H and O–H groups in total. The number of rotatable bonds is 7. The highest BCUT2D eigenvalue weighted by Crippen LogP contribution is 2.48. The molecule has 0 atom stereocenters. The Balaban J connectivity index is 2.06. The smallest absolute Gasteiger partial charge is 0.308 e. The first-order valence-corrected chi connectivity index (χ1v) is 6.27. The molecule has 1 saturated carbocycles. The van der Waals surface area contributed by atoms with Gasteiger partial charge < -0.3 is 14.6 Å². The third-order valence-corrected chi connectivity index (χ3v) is 2.88. The molecule has 0 saturated heterocycles. The maximum absolute atomic E-state index is 11.4. The van der Waals surface area contributed by atoms with Gasteiger partial charge in [-0.05, 0) is 45.4 Å². The number of aliphatic hydroxyl groups is 1. The van der Waals surface area contributed by atoms with Crippen molar-refractivity contribution in [1.29, 1.82) is 0 Å². The molecule has 0 heterocycles. The van der Waals surface area contributed by atoms with Crippen LogP contribution in [-0.4, -0.2) is 36.5 Å². The number of aliphatic hydroxyl groups excluding tert-OH is 1. The molecule has 0 aromatic carbocycles. The predicted molar refractivity (Wildman–Crippen MR) is 64.7 cm³/mol. The van der Waals surface area contributed by atoms with Crippen LogP contribution in [0.25, 0.3) is 0 Å². The van der Waals surface area contributed by atoms with Gasteiger partial charge in [-0.3, -0.25) is 4.79 Å². The topological polar surface area (TPSA) is 55.8 Å². The van der Waals surface area contributed by atoms with E-state index in [9.17, 15) is 4.79 Å². The number of carbonyl (C=O) groups is 1. The molecular weight excluding hydrogens is 220 g/mol. The minimum absolute atomic E-state index is 0.197. The zero-order valence-corrected chi connectivity index (χ0v) is 11.1. The average Bonchev–Trinajstić information content (AvgIpc) is 2.91. The molecular formula is C13H24O4. The number of hydrogen-bond acceptors (Lipinski definition) is 4. The van der Waals surface area contributed by atoms with Crippen molar-refractivity contribution in [2.45, 2.75) is 52.1 Å². The zero-order chi connectivity index (χ0) is 12.9. The molecule has 0 aromatic heterocycles. The Hall–Kier alpha value is -0.610. The summed E-state index contributed by atoms with van der Waals surface area (Å²) < 4.78 is 10.7. The molecule has 0 unspecified atom stereocenters. The molecule has 100 valence electrons. The fourth-order valence-electron chi connectivity index (χ4n) is 1.72. The average molecular weight is 244 g/mol. The lowest BCUT2D eigenvalue weighted by molar-refractivity contribution is -0.156. The van der Waals surface area contributed by atoms with Crippen LogP contribution in [-0.2, 0) is 14.3 Å². The fraction of sp³-hybridized carbons (Fsp3) is 0.923. The van der Waals surface area contributed by atoms with Crippen LogP contribution in [0.4, 0.5) is 0 Å². The third-order valence-electron chi connectivity index (χ3n) is 2.88. The first-order chi connectivity index (χ1) is 7.87. The number of carbonyl (C=O) groups excluding carboxylic acids is 1. The number of ether oxygens (including phenoxy) is 2. The Morgan fingerprint density at radius 1 is 1.35 bits per heavy atom. The monoisotopic (exact) mass is 244 g/mol. The summed E-state index contributed by atoms with van der Waals surface area (Å²) in [5.74, 6) is -0.218. The van der Waals surface area contributed by atoms with Crippen molar-refractivity contribution in [3.05, 3.63) is 0 Å². The first kappa shape index (κ1) is 14.5. The molecule has 1 aliphatic rings. The Kier molecular flexibility index (Phi) is 4.95. The van der Waals surface area contributed by atoms with Crippen molar-refractivity contribution in [2.75, 3.05) is 19.8 Å². The molecule has 0 amide bonds. The highest BCUT2D eigenvalue weighted by molar-refractivity contribution is 5.69. The van der Waals surface area contributed by atoms with Gasteiger partial charge in [-0.25, -0.2) is 0 Å². The van der Waals surface area contributed by atoms with Crippen molar-refractivity contribution in [1.82, 2.24) is 0 Å². The highest BCUT2D eigenvalue weighted by Gasteiger charge is 2.41. The van der Waals surface area contributed by atoms with Gasteiger partial charge in [-0.1, -0.05) is 0 Å². The lowest BCUT2D eigenvalue weighted by Crippen LogP contribution is -2.24. The highest BCUT2D eigenvalue weighted by atomic mass is 16.6. The van der Waals surface area contributed by atoms with E-state index in [-0.39, 0.29) is 18.0 Å². The second-order valence-electron chi connectivity index (χ2n) is 5.86. The van der Waals surface area contributed by atoms with E-state index in [1.165, 1.54) is 0 Å². The molecule has 17 heavy (non-hydrogen) atoms. The molecule has 0 aromatic rings. The van der Waals surface area contributed by atoms with Gasteiger partial charge in [0.15, 0.2) is 0 Å². The summed E-state index contributed by atoms with van der Waals surface area (Å²) in [7, 11) is 0. The molecule has 1 aliphatic carbocycles. The second-order valence-corrected chi connectivity index (χ2v) is 5.86. The SMILES string of the molecule is CC(C)(C)OC(=O)CCOCC1(CCO)CC1. The summed E-state index contributed by atoms with van der Waals surface area (Å²) >= 11 is 0. The van der Waals surface area contributed by atoms with E-state index in [0.29, 0.717) is 19.6 Å². The Morgan fingerprint density at radius 3 is 2.47 bits per heavy atom. The quantitative estimate of drug-likeness (QED) is 0.549. The van der Waals surface area contributed by atoms with Gasteiger partial charge in [0.05, 0.1) is 19.6 Å². The maximum atomic E-state index is 11.4. The van der Waals surface area contributed by atoms with Gasteiger partial charge >= 0.3 is 5.97 Å². The van der Waals surface area contributed by atoms with Crippen molar-refractivity contribution < 1.29 is 19.4 Å². The lowest BCUT2D eigenvalue weighted by Gasteiger charge is -2.19. The molecule has 0 aliphatic heterocycles. The van der Waals surface area contributed by atoms with Crippen molar-refractivity contribution >= 4 is 5.97 Å². The second kappa shape index (κ2) is 5.83. The van der Waals surface area contributed by atoms with Crippen LogP contribution in [0.3, 0.4) is 0 Å². The van der Waals surface area contributed by atoms with Crippen molar-refractivity contribution in [3.63, 3.8) is 0 Å². The van der Waals surface area contributed by atoms with Crippen LogP contribution < -0.4 is 0 Å². The summed E-state index contributed by atoms with van der Waals surface area (Å²) in [4.78, 5) is 11.4. The summed E-state index contributed by atoms with van der Waals surface area (Å²) in [6, 6.07) is 0. The molecule has 1 fully saturated rings. The largest absolute Gasteiger partial charge is 0.460 e. The van der Waals surface area contributed by atoms with Crippen LogP contribution in [0.15, 0.2) is 0 Å². The van der Waals surface area contributed by atoms with E-state index in [1.54, 1.807) is 0 Å². The maximum Gasteiger partial charge on any atom is 0.308 e. The van der Waals surface area contributed by atoms with E-state index in [2.05, 4.69) is 0 Å². The Bertz CT molecular complexity index is 251. The van der Waals surface area contributed by atoms with Gasteiger partial charge in [-0.2, -0.15) is 0 Å². The standard InChI is InChI=1S/C13H24O4/c1-12(2,3)17-11(15)4-9-16-10-13(5-6-13)7-8-14/h14H,4-10H2,1-3H3. The minimum atomic E-state index is -0.425. The van der Waals surface area contributed by atoms with Crippen LogP contribution in [0, 0.1) is 5.41 Å². The number of hydrogen-bond donors (Lipinski definition) is 1. The van der Waals surface area contributed by atoms with Crippen LogP contribution in [0.2, 0.25) is 0 Å². The predicted octanol–water partition coefficient (Wildman–Crippen LogP) is 1.90. The summed E-state index contributed by atoms with van der Waals surface area (Å²) in [6.45, 7) is 6.83. The summed E-state index contributed by atoms with van der Waals surface area (Å²) in [6.07, 6.45) is 3.35. The van der Waals surface area contributed by atoms with E-state index in [0.717, 1.165) is 19.3 Å². The third kappa shape index (κ3) is 6.03. The molecule has 0 radical (unpaired) electrons. The Morgan fingerprint density at radius 2 is 2.00 bits per heavy atom. The van der Waals surface area contributed by atoms with Crippen molar-refractivity contribution in [3.8, 4) is 0 Å². The van der Waals surface area contributed by atoms with Gasteiger partial charge in [0.2, 0.25) is 0 Å². The van der Waals surface area contributed by atoms with Crippen molar-refractivity contribution in [2.24, 2.45) is 5.41 Å². The molecule has 4 heteroatoms. The molecule has 0 spiro atoms. The van der Waals surface area contributed by atoms with Crippen LogP contribution in [0.5, 0.6) is 0 Å². The van der Waals surface area contributed by atoms with Gasteiger partial charge in [0.25, 0.3) is 0 Å². The molecule has 0 bridgehead atoms. The number of esters is 1. The van der Waals surface area contributed by atoms with Gasteiger partial charge in [0.1, 0.15) is 5.60 Å². The molecule has 4 nitrogen and oxygen atoms in total. The molecule has 1 rings (SSSR count). The van der Waals surface area contributed by atoms with E-state index in [1.807, 2.05) is 20.8 Å². The van der Waals surface area contributed by atoms with E-state index >= 15 is 0 Å². The summed E-state index contributed by atoms with van der Waals surface area (Å²) in [5.41, 5.74) is -0.228. The summed E-state index contributed by atoms with van der Waals surface area (Å²) in [5, 5.41) is 8.88. The minimum Gasteiger partial charge on any atom is -0.460 e.